The van der Waals surface area contributed by atoms with Crippen molar-refractivity contribution in [3.05, 3.63) is 47.3 Å². The molecule has 28 heavy (non-hydrogen) atoms. The average molecular weight is 512 g/mol. The van der Waals surface area contributed by atoms with E-state index in [9.17, 15) is 13.2 Å². The van der Waals surface area contributed by atoms with Crippen LogP contribution >= 0.6 is 24.0 Å². The lowest BCUT2D eigenvalue weighted by atomic mass is 10.1. The lowest BCUT2D eigenvalue weighted by Gasteiger charge is -2.15. The lowest BCUT2D eigenvalue weighted by molar-refractivity contribution is -0.153. The third-order valence-corrected chi connectivity index (χ3v) is 3.63. The molecule has 0 aliphatic carbocycles. The molecule has 10 heteroatoms. The average Bonchev–Trinajstić information content (AvgIpc) is 3.09. The fourth-order valence-electron chi connectivity index (χ4n) is 2.21. The molecule has 0 spiro atoms. The summed E-state index contributed by atoms with van der Waals surface area (Å²) in [6.07, 6.45) is -4.38. The normalized spacial score (nSPS) is 11.9. The summed E-state index contributed by atoms with van der Waals surface area (Å²) in [6, 6.07) is 8.41. The molecule has 2 N–H and O–H groups in total. The second-order valence-electron chi connectivity index (χ2n) is 6.16. The molecular formula is C18H24F3IN4O2. The molecule has 0 saturated carbocycles. The predicted molar refractivity (Wildman–Crippen MR) is 111 cm³/mol. The van der Waals surface area contributed by atoms with Gasteiger partial charge in [0.15, 0.2) is 18.3 Å². The second-order valence-corrected chi connectivity index (χ2v) is 6.16. The zero-order valence-corrected chi connectivity index (χ0v) is 18.2. The van der Waals surface area contributed by atoms with Crippen LogP contribution in [0.3, 0.4) is 0 Å². The highest BCUT2D eigenvalue weighted by Crippen LogP contribution is 2.22. The van der Waals surface area contributed by atoms with Crippen LogP contribution in [-0.2, 0) is 13.1 Å². The highest BCUT2D eigenvalue weighted by atomic mass is 127. The monoisotopic (exact) mass is 512 g/mol. The maximum atomic E-state index is 12.4. The first-order valence-corrected chi connectivity index (χ1v) is 8.46. The second kappa shape index (κ2) is 11.1. The molecular weight excluding hydrogens is 488 g/mol. The van der Waals surface area contributed by atoms with Gasteiger partial charge in [0.05, 0.1) is 12.2 Å². The van der Waals surface area contributed by atoms with Crippen molar-refractivity contribution in [2.75, 3.05) is 13.7 Å². The minimum atomic E-state index is -4.38. The van der Waals surface area contributed by atoms with Gasteiger partial charge in [-0.1, -0.05) is 37.2 Å². The Balaban J connectivity index is 0.00000392. The molecule has 1 heterocycles. The molecule has 0 radical (unpaired) electrons. The summed E-state index contributed by atoms with van der Waals surface area (Å²) in [5, 5.41) is 10.1. The molecule has 0 fully saturated rings. The van der Waals surface area contributed by atoms with Crippen molar-refractivity contribution >= 4 is 29.9 Å². The molecule has 0 atom stereocenters. The van der Waals surface area contributed by atoms with Gasteiger partial charge in [0, 0.05) is 25.2 Å². The third-order valence-electron chi connectivity index (χ3n) is 3.63. The molecule has 1 aromatic carbocycles. The molecule has 0 unspecified atom stereocenters. The van der Waals surface area contributed by atoms with Crippen molar-refractivity contribution < 1.29 is 22.4 Å². The van der Waals surface area contributed by atoms with Crippen LogP contribution in [0.25, 0.3) is 0 Å². The van der Waals surface area contributed by atoms with Crippen molar-refractivity contribution in [2.24, 2.45) is 4.99 Å². The molecule has 0 aliphatic rings. The van der Waals surface area contributed by atoms with Crippen molar-refractivity contribution in [2.45, 2.75) is 39.0 Å². The molecule has 6 nitrogen and oxygen atoms in total. The Hall–Kier alpha value is -1.98. The number of hydrogen-bond acceptors (Lipinski definition) is 4. The summed E-state index contributed by atoms with van der Waals surface area (Å²) < 4.78 is 47.2. The van der Waals surface area contributed by atoms with Crippen LogP contribution in [-0.4, -0.2) is 30.9 Å². The number of aromatic nitrogens is 1. The Kier molecular flexibility index (Phi) is 9.56. The standard InChI is InChI=1S/C18H23F3N4O2.HI/c1-12(2)15-8-14(27-25-15)10-24-17(22-3)23-9-13-6-4-5-7-16(13)26-11-18(19,20)21;/h4-8,12H,9-11H2,1-3H3,(H2,22,23,24);1H. The summed E-state index contributed by atoms with van der Waals surface area (Å²) in [7, 11) is 1.60. The first kappa shape index (κ1) is 24.1. The van der Waals surface area contributed by atoms with Crippen LogP contribution in [0, 0.1) is 0 Å². The molecule has 1 aromatic heterocycles. The van der Waals surface area contributed by atoms with Gasteiger partial charge in [0.25, 0.3) is 0 Å². The fraction of sp³-hybridized carbons (Fsp3) is 0.444. The van der Waals surface area contributed by atoms with E-state index in [2.05, 4.69) is 20.8 Å². The Bertz CT molecular complexity index is 763. The van der Waals surface area contributed by atoms with E-state index in [1.165, 1.54) is 6.07 Å². The topological polar surface area (TPSA) is 71.7 Å². The number of nitrogens with one attached hydrogen (secondary N) is 2. The maximum Gasteiger partial charge on any atom is 0.422 e. The van der Waals surface area contributed by atoms with Gasteiger partial charge in [-0.05, 0) is 12.0 Å². The van der Waals surface area contributed by atoms with Crippen LogP contribution in [0.5, 0.6) is 5.75 Å². The van der Waals surface area contributed by atoms with E-state index < -0.39 is 12.8 Å². The highest BCUT2D eigenvalue weighted by Gasteiger charge is 2.28. The lowest BCUT2D eigenvalue weighted by Crippen LogP contribution is -2.36. The number of benzene rings is 1. The molecule has 0 bridgehead atoms. The summed E-state index contributed by atoms with van der Waals surface area (Å²) in [5.41, 5.74) is 1.46. The molecule has 2 aromatic rings. The number of nitrogens with zero attached hydrogens (tertiary/aromatic N) is 2. The number of ether oxygens (including phenoxy) is 1. The number of para-hydroxylation sites is 1. The van der Waals surface area contributed by atoms with E-state index in [0.717, 1.165) is 5.69 Å². The highest BCUT2D eigenvalue weighted by molar-refractivity contribution is 14.0. The van der Waals surface area contributed by atoms with Crippen molar-refractivity contribution in [3.63, 3.8) is 0 Å². The largest absolute Gasteiger partial charge is 0.484 e. The minimum Gasteiger partial charge on any atom is -0.484 e. The third kappa shape index (κ3) is 7.95. The quantitative estimate of drug-likeness (QED) is 0.330. The van der Waals surface area contributed by atoms with Crippen LogP contribution in [0.2, 0.25) is 0 Å². The van der Waals surface area contributed by atoms with Gasteiger partial charge in [0.2, 0.25) is 0 Å². The summed E-state index contributed by atoms with van der Waals surface area (Å²) >= 11 is 0. The Morgan fingerprint density at radius 1 is 1.21 bits per heavy atom. The van der Waals surface area contributed by atoms with Crippen LogP contribution in [0.1, 0.15) is 36.8 Å². The number of guanidine groups is 1. The van der Waals surface area contributed by atoms with E-state index in [4.69, 9.17) is 9.26 Å². The van der Waals surface area contributed by atoms with E-state index in [1.54, 1.807) is 25.2 Å². The first-order chi connectivity index (χ1) is 12.8. The van der Waals surface area contributed by atoms with Crippen molar-refractivity contribution in [3.8, 4) is 5.75 Å². The van der Waals surface area contributed by atoms with Crippen molar-refractivity contribution in [1.29, 1.82) is 0 Å². The van der Waals surface area contributed by atoms with Crippen LogP contribution in [0.15, 0.2) is 39.8 Å². The summed E-state index contributed by atoms with van der Waals surface area (Å²) in [4.78, 5) is 4.09. The number of rotatable bonds is 7. The van der Waals surface area contributed by atoms with E-state index >= 15 is 0 Å². The molecule has 0 amide bonds. The number of hydrogen-bond donors (Lipinski definition) is 2. The minimum absolute atomic E-state index is 0. The number of alkyl halides is 3. The molecule has 0 saturated heterocycles. The van der Waals surface area contributed by atoms with E-state index in [-0.39, 0.29) is 42.2 Å². The Morgan fingerprint density at radius 3 is 2.50 bits per heavy atom. The predicted octanol–water partition coefficient (Wildman–Crippen LogP) is 4.22. The van der Waals surface area contributed by atoms with Gasteiger partial charge in [-0.2, -0.15) is 13.2 Å². The van der Waals surface area contributed by atoms with E-state index in [0.29, 0.717) is 23.8 Å². The molecule has 2 rings (SSSR count). The zero-order valence-electron chi connectivity index (χ0n) is 15.8. The summed E-state index contributed by atoms with van der Waals surface area (Å²) in [6.45, 7) is 3.34. The zero-order chi connectivity index (χ0) is 19.9. The van der Waals surface area contributed by atoms with Gasteiger partial charge < -0.3 is 19.9 Å². The van der Waals surface area contributed by atoms with Crippen LogP contribution in [0.4, 0.5) is 13.2 Å². The fourth-order valence-corrected chi connectivity index (χ4v) is 2.21. The SMILES string of the molecule is CN=C(NCc1cc(C(C)C)no1)NCc1ccccc1OCC(F)(F)F.I. The molecule has 0 aliphatic heterocycles. The Morgan fingerprint density at radius 2 is 1.89 bits per heavy atom. The van der Waals surface area contributed by atoms with Gasteiger partial charge in [-0.25, -0.2) is 0 Å². The Labute approximate surface area is 178 Å². The van der Waals surface area contributed by atoms with Gasteiger partial charge in [0.1, 0.15) is 5.75 Å². The van der Waals surface area contributed by atoms with Gasteiger partial charge >= 0.3 is 6.18 Å². The van der Waals surface area contributed by atoms with E-state index in [1.807, 2.05) is 19.9 Å². The van der Waals surface area contributed by atoms with Crippen molar-refractivity contribution in [1.82, 2.24) is 15.8 Å². The maximum absolute atomic E-state index is 12.4. The van der Waals surface area contributed by atoms with Gasteiger partial charge in [-0.15, -0.1) is 24.0 Å². The smallest absolute Gasteiger partial charge is 0.422 e. The molecule has 156 valence electrons. The summed E-state index contributed by atoms with van der Waals surface area (Å²) in [5.74, 6) is 1.58. The number of aliphatic imine (C=N–C) groups is 1. The van der Waals surface area contributed by atoms with Gasteiger partial charge in [-0.3, -0.25) is 4.99 Å². The first-order valence-electron chi connectivity index (χ1n) is 8.46. The van der Waals surface area contributed by atoms with Crippen LogP contribution < -0.4 is 15.4 Å². The number of halogens is 4.